The van der Waals surface area contributed by atoms with Gasteiger partial charge in [-0.1, -0.05) is 0 Å². The lowest BCUT2D eigenvalue weighted by molar-refractivity contribution is 0.325. The van der Waals surface area contributed by atoms with Crippen molar-refractivity contribution in [2.75, 3.05) is 21.3 Å². The number of benzene rings is 1. The Kier molecular flexibility index (Phi) is 2.82. The summed E-state index contributed by atoms with van der Waals surface area (Å²) in [4.78, 5) is 3.19. The van der Waals surface area contributed by atoms with Gasteiger partial charge in [0.1, 0.15) is 0 Å². The fourth-order valence-electron chi connectivity index (χ4n) is 2.30. The molecule has 0 saturated carbocycles. The first-order chi connectivity index (χ1) is 9.22. The molecule has 0 atom stereocenters. The Morgan fingerprint density at radius 1 is 1.05 bits per heavy atom. The number of aromatic amines is 1. The van der Waals surface area contributed by atoms with Crippen LogP contribution in [0.4, 0.5) is 0 Å². The minimum Gasteiger partial charge on any atom is -0.492 e. The van der Waals surface area contributed by atoms with Crippen molar-refractivity contribution in [1.29, 1.82) is 0 Å². The van der Waals surface area contributed by atoms with Crippen LogP contribution >= 0.6 is 15.9 Å². The largest absolute Gasteiger partial charge is 0.492 e. The third kappa shape index (κ3) is 1.53. The van der Waals surface area contributed by atoms with E-state index in [1.54, 1.807) is 27.6 Å². The molecule has 1 N–H and O–H groups in total. The predicted octanol–water partition coefficient (Wildman–Crippen LogP) is 3.70. The van der Waals surface area contributed by atoms with Gasteiger partial charge in [-0.15, -0.1) is 0 Å². The van der Waals surface area contributed by atoms with Crippen molar-refractivity contribution in [2.45, 2.75) is 0 Å². The van der Waals surface area contributed by atoms with Crippen LogP contribution in [0.1, 0.15) is 0 Å². The van der Waals surface area contributed by atoms with Gasteiger partial charge in [0.15, 0.2) is 11.5 Å². The molecule has 0 saturated heterocycles. The molecule has 0 spiro atoms. The second-order valence-corrected chi connectivity index (χ2v) is 4.75. The van der Waals surface area contributed by atoms with Crippen molar-refractivity contribution < 1.29 is 18.6 Å². The van der Waals surface area contributed by atoms with E-state index in [-0.39, 0.29) is 0 Å². The second-order valence-electron chi connectivity index (χ2n) is 3.95. The van der Waals surface area contributed by atoms with Gasteiger partial charge in [0.25, 0.3) is 0 Å². The smallest absolute Gasteiger partial charge is 0.206 e. The lowest BCUT2D eigenvalue weighted by Crippen LogP contribution is -1.96. The minimum atomic E-state index is 0.535. The molecule has 3 rings (SSSR count). The molecule has 6 heteroatoms. The number of methoxy groups -OCH3 is 3. The van der Waals surface area contributed by atoms with Gasteiger partial charge in [-0.2, -0.15) is 0 Å². The van der Waals surface area contributed by atoms with Crippen molar-refractivity contribution in [3.05, 3.63) is 16.8 Å². The Hall–Kier alpha value is -1.82. The molecule has 0 aliphatic heterocycles. The topological polar surface area (TPSA) is 56.6 Å². The van der Waals surface area contributed by atoms with E-state index in [0.717, 1.165) is 20.8 Å². The molecule has 0 aliphatic carbocycles. The van der Waals surface area contributed by atoms with Crippen molar-refractivity contribution in [2.24, 2.45) is 0 Å². The number of aromatic nitrogens is 1. The van der Waals surface area contributed by atoms with E-state index < -0.39 is 0 Å². The third-order valence-electron chi connectivity index (χ3n) is 3.09. The lowest BCUT2D eigenvalue weighted by atomic mass is 10.1. The molecule has 100 valence electrons. The molecule has 0 fully saturated rings. The normalized spacial score (nSPS) is 11.2. The summed E-state index contributed by atoms with van der Waals surface area (Å²) in [6.45, 7) is 0. The highest BCUT2D eigenvalue weighted by Gasteiger charge is 2.24. The molecule has 19 heavy (non-hydrogen) atoms. The summed E-state index contributed by atoms with van der Waals surface area (Å²) in [6, 6.07) is 1.89. The zero-order chi connectivity index (χ0) is 13.6. The fraction of sp³-hybridized carbons (Fsp3) is 0.231. The number of H-pyrrole nitrogens is 1. The second kappa shape index (κ2) is 4.38. The van der Waals surface area contributed by atoms with E-state index >= 15 is 0 Å². The molecule has 0 aliphatic rings. The number of nitrogens with one attached hydrogen (secondary N) is 1. The van der Waals surface area contributed by atoms with Gasteiger partial charge in [-0.05, 0) is 22.0 Å². The lowest BCUT2D eigenvalue weighted by Gasteiger charge is -2.14. The van der Waals surface area contributed by atoms with Crippen LogP contribution < -0.4 is 14.2 Å². The first-order valence-corrected chi connectivity index (χ1v) is 6.38. The third-order valence-corrected chi connectivity index (χ3v) is 3.85. The van der Waals surface area contributed by atoms with Crippen molar-refractivity contribution in [3.63, 3.8) is 0 Å². The zero-order valence-corrected chi connectivity index (χ0v) is 12.3. The highest BCUT2D eigenvalue weighted by Crippen LogP contribution is 2.50. The molecule has 1 aromatic carbocycles. The van der Waals surface area contributed by atoms with Crippen LogP contribution in [0, 0.1) is 0 Å². The molecule has 5 nitrogen and oxygen atoms in total. The summed E-state index contributed by atoms with van der Waals surface area (Å²) < 4.78 is 22.4. The molecule has 0 unspecified atom stereocenters. The summed E-state index contributed by atoms with van der Waals surface area (Å²) >= 11 is 3.56. The zero-order valence-electron chi connectivity index (χ0n) is 10.7. The fourth-order valence-corrected chi connectivity index (χ4v) is 3.06. The number of rotatable bonds is 3. The maximum absolute atomic E-state index is 5.45. The van der Waals surface area contributed by atoms with Crippen molar-refractivity contribution in [1.82, 2.24) is 4.98 Å². The number of hydrogen-bond donors (Lipinski definition) is 1. The predicted molar refractivity (Wildman–Crippen MR) is 75.4 cm³/mol. The van der Waals surface area contributed by atoms with Gasteiger partial charge in [-0.3, -0.25) is 0 Å². The first-order valence-electron chi connectivity index (χ1n) is 5.59. The van der Waals surface area contributed by atoms with E-state index in [4.69, 9.17) is 18.6 Å². The maximum atomic E-state index is 5.45. The van der Waals surface area contributed by atoms with E-state index in [0.29, 0.717) is 23.0 Å². The minimum absolute atomic E-state index is 0.535. The average Bonchev–Trinajstić information content (AvgIpc) is 2.98. The number of ether oxygens (including phenoxy) is 3. The van der Waals surface area contributed by atoms with Crippen LogP contribution in [0.25, 0.3) is 22.0 Å². The van der Waals surface area contributed by atoms with Crippen LogP contribution in [-0.2, 0) is 0 Å². The Morgan fingerprint density at radius 3 is 2.37 bits per heavy atom. The Balaban J connectivity index is 2.56. The van der Waals surface area contributed by atoms with E-state index in [9.17, 15) is 0 Å². The summed E-state index contributed by atoms with van der Waals surface area (Å²) in [7, 11) is 4.76. The average molecular weight is 326 g/mol. The van der Waals surface area contributed by atoms with Crippen LogP contribution in [0.3, 0.4) is 0 Å². The molecule has 0 radical (unpaired) electrons. The standard InChI is InChI=1S/C13H12BrNO4/c1-16-10-8(14)7-6-4-5-19-13(6)15-9(7)11(17-2)12(10)18-3/h4-5,15H,1-3H3. The van der Waals surface area contributed by atoms with Gasteiger partial charge < -0.3 is 23.6 Å². The van der Waals surface area contributed by atoms with E-state index in [1.165, 1.54) is 0 Å². The molecule has 3 aromatic rings. The molecule has 2 aromatic heterocycles. The first kappa shape index (κ1) is 12.2. The van der Waals surface area contributed by atoms with Crippen LogP contribution in [0.2, 0.25) is 0 Å². The molecular weight excluding hydrogens is 314 g/mol. The Morgan fingerprint density at radius 2 is 1.74 bits per heavy atom. The summed E-state index contributed by atoms with van der Waals surface area (Å²) in [5.41, 5.74) is 1.49. The monoisotopic (exact) mass is 325 g/mol. The summed E-state index contributed by atoms with van der Waals surface area (Å²) in [6.07, 6.45) is 1.64. The van der Waals surface area contributed by atoms with Crippen LogP contribution in [-0.4, -0.2) is 26.3 Å². The molecular formula is C13H12BrNO4. The van der Waals surface area contributed by atoms with Gasteiger partial charge in [0, 0.05) is 10.8 Å². The Labute approximate surface area is 117 Å². The number of hydrogen-bond acceptors (Lipinski definition) is 4. The number of fused-ring (bicyclic) bond motifs is 3. The SMILES string of the molecule is COc1c(OC)c(Br)c2c([nH]c3occc32)c1OC. The quantitative estimate of drug-likeness (QED) is 0.797. The van der Waals surface area contributed by atoms with Crippen LogP contribution in [0.15, 0.2) is 21.2 Å². The molecule has 2 heterocycles. The van der Waals surface area contributed by atoms with Gasteiger partial charge in [0.05, 0.1) is 37.6 Å². The van der Waals surface area contributed by atoms with Gasteiger partial charge >= 0.3 is 0 Å². The summed E-state index contributed by atoms with van der Waals surface area (Å²) in [5, 5.41) is 1.90. The number of halogens is 1. The highest BCUT2D eigenvalue weighted by molar-refractivity contribution is 9.10. The van der Waals surface area contributed by atoms with Crippen molar-refractivity contribution in [3.8, 4) is 17.2 Å². The highest BCUT2D eigenvalue weighted by atomic mass is 79.9. The van der Waals surface area contributed by atoms with Gasteiger partial charge in [0.2, 0.25) is 11.5 Å². The number of furan rings is 1. The molecule has 0 amide bonds. The van der Waals surface area contributed by atoms with E-state index in [1.807, 2.05) is 6.07 Å². The summed E-state index contributed by atoms with van der Waals surface area (Å²) in [5.74, 6) is 1.71. The molecule has 0 bridgehead atoms. The Bertz CT molecular complexity index is 759. The van der Waals surface area contributed by atoms with Crippen LogP contribution in [0.5, 0.6) is 17.2 Å². The van der Waals surface area contributed by atoms with Crippen molar-refractivity contribution >= 4 is 37.9 Å². The van der Waals surface area contributed by atoms with Gasteiger partial charge in [-0.25, -0.2) is 0 Å². The van der Waals surface area contributed by atoms with E-state index in [2.05, 4.69) is 20.9 Å². The maximum Gasteiger partial charge on any atom is 0.206 e.